The third-order valence-corrected chi connectivity index (χ3v) is 14.4. The predicted molar refractivity (Wildman–Crippen MR) is 261 cm³/mol. The van der Waals surface area contributed by atoms with Crippen molar-refractivity contribution >= 4 is 26.0 Å². The van der Waals surface area contributed by atoms with Crippen LogP contribution in [0.1, 0.15) is 128 Å². The van der Waals surface area contributed by atoms with Crippen molar-refractivity contribution in [3.8, 4) is 0 Å². The highest BCUT2D eigenvalue weighted by molar-refractivity contribution is 6.08. The van der Waals surface area contributed by atoms with Gasteiger partial charge in [0.2, 0.25) is 5.89 Å². The number of oxazole rings is 2. The Kier molecular flexibility index (Phi) is 18.7. The molecule has 15 atom stereocenters. The van der Waals surface area contributed by atoms with Crippen molar-refractivity contribution in [2.45, 2.75) is 178 Å². The van der Waals surface area contributed by atoms with E-state index in [0.717, 1.165) is 35.9 Å². The lowest BCUT2D eigenvalue weighted by Gasteiger charge is -2.44. The number of ether oxygens (including phenoxy) is 5. The number of aromatic nitrogens is 2. The quantitative estimate of drug-likeness (QED) is 0.0629. The predicted octanol–water partition coefficient (Wildman–Crippen LogP) is 6.48. The molecule has 7 rings (SSSR count). The molecule has 5 aliphatic heterocycles. The van der Waals surface area contributed by atoms with Crippen molar-refractivity contribution in [1.82, 2.24) is 9.97 Å². The minimum absolute atomic E-state index is 0.0333. The second-order valence-corrected chi connectivity index (χ2v) is 20.4. The highest BCUT2D eigenvalue weighted by Gasteiger charge is 2.45. The molecule has 0 aromatic carbocycles. The molecule has 0 amide bonds. The molecular weight excluding hydrogens is 883 g/mol. The zero-order valence-corrected chi connectivity index (χ0v) is 41.1. The zero-order valence-electron chi connectivity index (χ0n) is 41.1. The molecule has 378 valence electrons. The standard InChI is InChI=1S/C53H75BN2O13/c1-31(14-15-36(27-57)9-8-16-54)19-44(60)47-21-37(28-58)25-53(62,69-47)26-49-55-38(29-63-49)20-33(3)51-35(5)52-34(4)45(67-51)11-7-12-48-56-43(30-64-48)46-23-39(59)22-42(66-46)24-41-18-32(2)17-40(65-41)10-6-13-50(61)68-52/h6-7,12-15,19-20,29-30,34-37,39-42,44-47,51-52,57-60,62H,2,8-11,16-18,21-28,54H2,1,3-5H3/b12-7+,13-6-,15-14+,31-19+,33-20+/t34-,35-,36+,37+,39+,40-,41+,42-,44+,45+,46+,47+,51-,52-,53-/m0/s1. The summed E-state index contributed by atoms with van der Waals surface area (Å²) in [5.41, 5.74) is 3.81. The average molecular weight is 959 g/mol. The Bertz CT molecular complexity index is 2160. The Morgan fingerprint density at radius 2 is 1.77 bits per heavy atom. The van der Waals surface area contributed by atoms with Crippen LogP contribution in [0.2, 0.25) is 6.32 Å². The molecular formula is C53H75BN2O13. The van der Waals surface area contributed by atoms with E-state index < -0.39 is 48.4 Å². The number of fused-ring (bicyclic) bond motifs is 9. The van der Waals surface area contributed by atoms with Crippen LogP contribution in [0.15, 0.2) is 81.1 Å². The first-order valence-electron chi connectivity index (χ1n) is 25.2. The zero-order chi connectivity index (χ0) is 49.2. The van der Waals surface area contributed by atoms with Crippen LogP contribution in [0, 0.1) is 23.7 Å². The average Bonchev–Trinajstić information content (AvgIpc) is 3.96. The summed E-state index contributed by atoms with van der Waals surface area (Å²) in [7, 11) is 2.11. The van der Waals surface area contributed by atoms with E-state index in [1.165, 1.54) is 12.3 Å². The van der Waals surface area contributed by atoms with Crippen LogP contribution < -0.4 is 0 Å². The van der Waals surface area contributed by atoms with Gasteiger partial charge in [0.05, 0.1) is 55.3 Å². The minimum Gasteiger partial charge on any atom is -0.458 e. The first-order valence-corrected chi connectivity index (χ1v) is 25.2. The number of carbonyl (C=O) groups is 1. The molecule has 2 aromatic rings. The van der Waals surface area contributed by atoms with Gasteiger partial charge in [0, 0.05) is 56.3 Å². The van der Waals surface area contributed by atoms with E-state index in [0.29, 0.717) is 68.6 Å². The van der Waals surface area contributed by atoms with Crippen LogP contribution in [0.25, 0.3) is 12.2 Å². The highest BCUT2D eigenvalue weighted by atomic mass is 16.6. The van der Waals surface area contributed by atoms with Gasteiger partial charge in [0.25, 0.3) is 0 Å². The third-order valence-electron chi connectivity index (χ3n) is 14.4. The van der Waals surface area contributed by atoms with Crippen LogP contribution >= 0.6 is 0 Å². The van der Waals surface area contributed by atoms with Gasteiger partial charge in [-0.3, -0.25) is 0 Å². The molecule has 0 spiro atoms. The Balaban J connectivity index is 1.06. The molecule has 5 aliphatic rings. The maximum absolute atomic E-state index is 13.5. The molecule has 8 bridgehead atoms. The molecule has 0 saturated carbocycles. The lowest BCUT2D eigenvalue weighted by molar-refractivity contribution is -0.279. The number of hydrogen-bond acceptors (Lipinski definition) is 15. The first kappa shape index (κ1) is 52.8. The van der Waals surface area contributed by atoms with Gasteiger partial charge in [-0.15, -0.1) is 0 Å². The maximum Gasteiger partial charge on any atom is 0.330 e. The number of allylic oxidation sites excluding steroid dienone is 2. The molecule has 5 N–H and O–H groups in total. The van der Waals surface area contributed by atoms with Crippen molar-refractivity contribution in [2.75, 3.05) is 13.2 Å². The summed E-state index contributed by atoms with van der Waals surface area (Å²) in [6, 6.07) is 0. The van der Waals surface area contributed by atoms with Gasteiger partial charge in [0.1, 0.15) is 44.0 Å². The van der Waals surface area contributed by atoms with Crippen molar-refractivity contribution < 1.29 is 62.8 Å². The molecule has 4 saturated heterocycles. The van der Waals surface area contributed by atoms with E-state index >= 15 is 0 Å². The third kappa shape index (κ3) is 14.6. The fourth-order valence-corrected chi connectivity index (χ4v) is 10.8. The van der Waals surface area contributed by atoms with E-state index in [9.17, 15) is 30.3 Å². The summed E-state index contributed by atoms with van der Waals surface area (Å²) in [6.45, 7) is 12.0. The smallest absolute Gasteiger partial charge is 0.330 e. The molecule has 69 heavy (non-hydrogen) atoms. The second kappa shape index (κ2) is 24.4. The van der Waals surface area contributed by atoms with Gasteiger partial charge < -0.3 is 58.1 Å². The lowest BCUT2D eigenvalue weighted by atomic mass is 9.79. The van der Waals surface area contributed by atoms with Crippen molar-refractivity contribution in [3.05, 3.63) is 95.4 Å². The monoisotopic (exact) mass is 959 g/mol. The molecule has 4 fully saturated rings. The number of carbonyl (C=O) groups excluding carboxylic acids is 1. The summed E-state index contributed by atoms with van der Waals surface area (Å²) in [4.78, 5) is 22.9. The molecule has 7 heterocycles. The topological polar surface area (TPSA) is 216 Å². The Labute approximate surface area is 407 Å². The number of aliphatic hydroxyl groups is 5. The van der Waals surface area contributed by atoms with Gasteiger partial charge >= 0.3 is 5.97 Å². The molecule has 15 nitrogen and oxygen atoms in total. The largest absolute Gasteiger partial charge is 0.458 e. The Hall–Kier alpha value is -3.97. The second-order valence-electron chi connectivity index (χ2n) is 20.4. The molecule has 0 radical (unpaired) electrons. The highest BCUT2D eigenvalue weighted by Crippen LogP contribution is 2.40. The van der Waals surface area contributed by atoms with Crippen LogP contribution in [0.4, 0.5) is 0 Å². The van der Waals surface area contributed by atoms with Crippen LogP contribution in [0.3, 0.4) is 0 Å². The van der Waals surface area contributed by atoms with Crippen molar-refractivity contribution in [1.29, 1.82) is 0 Å². The Morgan fingerprint density at radius 3 is 2.55 bits per heavy atom. The number of aliphatic hydroxyl groups excluding tert-OH is 4. The van der Waals surface area contributed by atoms with E-state index in [1.807, 2.05) is 58.1 Å². The fourth-order valence-electron chi connectivity index (χ4n) is 10.8. The SMILES string of the molecule is BCCC[C@H](/C=C/C(C)=C/[C@@H](O)[C@H]1C[C@@H](CO)C[C@@](O)(Cc2nc(/C=C(\C)[C@@H]3O[C@@H]4C/C=C/c5nc(co5)[C@H]5C[C@H](O)C[C@@H](C[C@H]6CC(=C)C[C@H](C/C=C\C(=O)O[C@@H]([C@H]4C)[C@H]3C)O6)O5)co2)O1)CO. The van der Waals surface area contributed by atoms with Crippen LogP contribution in [0.5, 0.6) is 0 Å². The number of nitrogens with zero attached hydrogens (tertiary/aromatic N) is 2. The summed E-state index contributed by atoms with van der Waals surface area (Å²) in [5, 5.41) is 53.8. The fraction of sp³-hybridized carbons (Fsp3) is 0.642. The maximum atomic E-state index is 13.5. The molecule has 0 aliphatic carbocycles. The van der Waals surface area contributed by atoms with E-state index in [4.69, 9.17) is 42.5 Å². The van der Waals surface area contributed by atoms with Gasteiger partial charge in [-0.2, -0.15) is 0 Å². The van der Waals surface area contributed by atoms with E-state index in [-0.39, 0.29) is 80.0 Å². The van der Waals surface area contributed by atoms with Crippen molar-refractivity contribution in [2.24, 2.45) is 23.7 Å². The van der Waals surface area contributed by atoms with Gasteiger partial charge in [-0.1, -0.05) is 74.7 Å². The summed E-state index contributed by atoms with van der Waals surface area (Å²) in [5.74, 6) is -2.34. The first-order chi connectivity index (χ1) is 33.1. The lowest BCUT2D eigenvalue weighted by Crippen LogP contribution is -2.50. The number of hydrogen-bond donors (Lipinski definition) is 5. The molecule has 0 unspecified atom stereocenters. The van der Waals surface area contributed by atoms with Gasteiger partial charge in [-0.25, -0.2) is 14.8 Å². The minimum atomic E-state index is -1.77. The summed E-state index contributed by atoms with van der Waals surface area (Å²) >= 11 is 0. The van der Waals surface area contributed by atoms with Crippen molar-refractivity contribution in [3.63, 3.8) is 0 Å². The van der Waals surface area contributed by atoms with Gasteiger partial charge in [-0.05, 0) is 82.4 Å². The molecule has 16 heteroatoms. The Morgan fingerprint density at radius 1 is 0.971 bits per heavy atom. The van der Waals surface area contributed by atoms with E-state index in [2.05, 4.69) is 14.4 Å². The summed E-state index contributed by atoms with van der Waals surface area (Å²) in [6.07, 6.45) is 20.0. The van der Waals surface area contributed by atoms with E-state index in [1.54, 1.807) is 18.4 Å². The van der Waals surface area contributed by atoms with Gasteiger partial charge in [0.15, 0.2) is 11.7 Å². The normalized spacial score (nSPS) is 36.0. The number of esters is 1. The molecule has 2 aromatic heterocycles. The van der Waals surface area contributed by atoms with Crippen LogP contribution in [-0.2, 0) is 34.9 Å². The van der Waals surface area contributed by atoms with Crippen LogP contribution in [-0.4, -0.2) is 123 Å². The number of rotatable bonds is 13. The summed E-state index contributed by atoms with van der Waals surface area (Å²) < 4.78 is 43.9.